The van der Waals surface area contributed by atoms with Crippen LogP contribution in [0.3, 0.4) is 0 Å². The summed E-state index contributed by atoms with van der Waals surface area (Å²) in [6.45, 7) is 5.08. The summed E-state index contributed by atoms with van der Waals surface area (Å²) >= 11 is 6.33. The predicted octanol–water partition coefficient (Wildman–Crippen LogP) is 2.76. The van der Waals surface area contributed by atoms with Gasteiger partial charge in [0, 0.05) is 18.2 Å². The first-order valence-corrected chi connectivity index (χ1v) is 9.09. The molecular weight excluding hydrogens is 403 g/mol. The third-order valence-corrected chi connectivity index (χ3v) is 4.11. The van der Waals surface area contributed by atoms with E-state index in [2.05, 4.69) is 15.7 Å². The van der Waals surface area contributed by atoms with E-state index in [9.17, 15) is 18.8 Å². The van der Waals surface area contributed by atoms with Crippen molar-refractivity contribution in [1.29, 1.82) is 0 Å². The van der Waals surface area contributed by atoms with Crippen molar-refractivity contribution in [1.82, 2.24) is 20.4 Å². The molecule has 1 atom stereocenters. The zero-order valence-electron chi connectivity index (χ0n) is 16.0. The number of urea groups is 1. The fourth-order valence-electron chi connectivity index (χ4n) is 2.29. The van der Waals surface area contributed by atoms with Gasteiger partial charge in [-0.2, -0.15) is 5.10 Å². The first-order chi connectivity index (χ1) is 13.7. The zero-order valence-corrected chi connectivity index (χ0v) is 16.8. The minimum Gasteiger partial charge on any atom is -0.449 e. The molecule has 0 aliphatic heterocycles. The summed E-state index contributed by atoms with van der Waals surface area (Å²) in [7, 11) is 0. The van der Waals surface area contributed by atoms with Crippen LogP contribution in [0.5, 0.6) is 0 Å². The van der Waals surface area contributed by atoms with E-state index in [0.29, 0.717) is 23.5 Å². The summed E-state index contributed by atoms with van der Waals surface area (Å²) < 4.78 is 19.5. The van der Waals surface area contributed by atoms with Gasteiger partial charge in [-0.3, -0.25) is 10.1 Å². The lowest BCUT2D eigenvalue weighted by molar-refractivity contribution is -0.149. The molecule has 0 spiro atoms. The summed E-state index contributed by atoms with van der Waals surface area (Å²) in [5, 5.41) is 8.94. The van der Waals surface area contributed by atoms with E-state index in [4.69, 9.17) is 16.3 Å². The highest BCUT2D eigenvalue weighted by molar-refractivity contribution is 6.31. The third-order valence-electron chi connectivity index (χ3n) is 3.74. The Morgan fingerprint density at radius 2 is 1.97 bits per heavy atom. The van der Waals surface area contributed by atoms with Gasteiger partial charge in [-0.1, -0.05) is 11.6 Å². The van der Waals surface area contributed by atoms with E-state index < -0.39 is 24.0 Å². The highest BCUT2D eigenvalue weighted by Crippen LogP contribution is 2.24. The number of aryl methyl sites for hydroxylation is 1. The second kappa shape index (κ2) is 9.83. The minimum atomic E-state index is -1.17. The highest BCUT2D eigenvalue weighted by Gasteiger charge is 2.19. The van der Waals surface area contributed by atoms with Gasteiger partial charge >= 0.3 is 12.0 Å². The van der Waals surface area contributed by atoms with Crippen molar-refractivity contribution in [2.75, 3.05) is 6.54 Å². The SMILES string of the molecule is CCNC(=O)NC(=O)[C@H](C)OC(=O)/C=C/c1c(C)nn(-c2ccc(F)cc2)c1Cl. The maximum atomic E-state index is 13.1. The molecule has 1 heterocycles. The fourth-order valence-corrected chi connectivity index (χ4v) is 2.63. The molecule has 8 nitrogen and oxygen atoms in total. The Balaban J connectivity index is 2.05. The molecule has 2 N–H and O–H groups in total. The van der Waals surface area contributed by atoms with E-state index in [0.717, 1.165) is 6.08 Å². The topological polar surface area (TPSA) is 102 Å². The average Bonchev–Trinajstić information content (AvgIpc) is 2.94. The molecule has 0 saturated carbocycles. The van der Waals surface area contributed by atoms with Gasteiger partial charge in [-0.05, 0) is 51.1 Å². The molecule has 0 fully saturated rings. The number of aromatic nitrogens is 2. The van der Waals surface area contributed by atoms with Crippen molar-refractivity contribution in [3.63, 3.8) is 0 Å². The molecule has 0 saturated heterocycles. The Morgan fingerprint density at radius 1 is 1.31 bits per heavy atom. The Labute approximate surface area is 171 Å². The average molecular weight is 423 g/mol. The third kappa shape index (κ3) is 5.89. The number of hydrogen-bond acceptors (Lipinski definition) is 5. The lowest BCUT2D eigenvalue weighted by Crippen LogP contribution is -2.44. The van der Waals surface area contributed by atoms with Crippen LogP contribution < -0.4 is 10.6 Å². The number of carbonyl (C=O) groups excluding carboxylic acids is 3. The zero-order chi connectivity index (χ0) is 21.6. The number of rotatable bonds is 6. The number of carbonyl (C=O) groups is 3. The molecule has 0 bridgehead atoms. The van der Waals surface area contributed by atoms with Crippen LogP contribution in [0.15, 0.2) is 30.3 Å². The maximum Gasteiger partial charge on any atom is 0.331 e. The minimum absolute atomic E-state index is 0.222. The number of ether oxygens (including phenoxy) is 1. The van der Waals surface area contributed by atoms with Gasteiger partial charge in [0.25, 0.3) is 5.91 Å². The molecule has 2 rings (SSSR count). The lowest BCUT2D eigenvalue weighted by Gasteiger charge is -2.11. The van der Waals surface area contributed by atoms with Crippen LogP contribution in [0.25, 0.3) is 11.8 Å². The van der Waals surface area contributed by atoms with Crippen molar-refractivity contribution in [3.05, 3.63) is 52.6 Å². The first kappa shape index (κ1) is 22.1. The van der Waals surface area contributed by atoms with Gasteiger partial charge in [0.2, 0.25) is 0 Å². The van der Waals surface area contributed by atoms with Gasteiger partial charge in [-0.25, -0.2) is 18.7 Å². The highest BCUT2D eigenvalue weighted by atomic mass is 35.5. The van der Waals surface area contributed by atoms with E-state index >= 15 is 0 Å². The Bertz CT molecular complexity index is 940. The molecule has 154 valence electrons. The van der Waals surface area contributed by atoms with Gasteiger partial charge < -0.3 is 10.1 Å². The number of benzene rings is 1. The number of esters is 1. The fraction of sp³-hybridized carbons (Fsp3) is 0.263. The Morgan fingerprint density at radius 3 is 2.59 bits per heavy atom. The number of nitrogens with one attached hydrogen (secondary N) is 2. The van der Waals surface area contributed by atoms with Gasteiger partial charge in [0.15, 0.2) is 6.10 Å². The molecule has 3 amide bonds. The molecular formula is C19H20ClFN4O4. The van der Waals surface area contributed by atoms with Crippen LogP contribution >= 0.6 is 11.6 Å². The number of nitrogens with zero attached hydrogens (tertiary/aromatic N) is 2. The normalized spacial score (nSPS) is 11.9. The van der Waals surface area contributed by atoms with Crippen molar-refractivity contribution >= 4 is 35.6 Å². The maximum absolute atomic E-state index is 13.1. The monoisotopic (exact) mass is 422 g/mol. The summed E-state index contributed by atoms with van der Waals surface area (Å²) in [6, 6.07) is 4.92. The van der Waals surface area contributed by atoms with Crippen LogP contribution in [-0.2, 0) is 14.3 Å². The molecule has 0 aliphatic rings. The molecule has 2 aromatic rings. The molecule has 1 aromatic heterocycles. The molecule has 1 aromatic carbocycles. The second-order valence-electron chi connectivity index (χ2n) is 5.94. The van der Waals surface area contributed by atoms with Crippen molar-refractivity contribution in [2.24, 2.45) is 0 Å². The Kier molecular flexibility index (Phi) is 7.49. The van der Waals surface area contributed by atoms with E-state index in [-0.39, 0.29) is 11.0 Å². The van der Waals surface area contributed by atoms with Crippen LogP contribution in [-0.4, -0.2) is 40.3 Å². The molecule has 0 aliphatic carbocycles. The standard InChI is InChI=1S/C19H20ClFN4O4/c1-4-22-19(28)23-18(27)12(3)29-16(26)10-9-15-11(2)24-25(17(15)20)14-7-5-13(21)6-8-14/h5-10,12H,4H2,1-3H3,(H2,22,23,27,28)/b10-9+/t12-/m0/s1. The molecule has 10 heteroatoms. The van der Waals surface area contributed by atoms with Crippen molar-refractivity contribution in [2.45, 2.75) is 26.9 Å². The molecule has 0 unspecified atom stereocenters. The quantitative estimate of drug-likeness (QED) is 0.550. The van der Waals surface area contributed by atoms with Gasteiger partial charge in [-0.15, -0.1) is 0 Å². The van der Waals surface area contributed by atoms with Crippen LogP contribution in [0, 0.1) is 12.7 Å². The lowest BCUT2D eigenvalue weighted by atomic mass is 10.2. The van der Waals surface area contributed by atoms with Crippen LogP contribution in [0.2, 0.25) is 5.15 Å². The van der Waals surface area contributed by atoms with E-state index in [1.165, 1.54) is 41.9 Å². The van der Waals surface area contributed by atoms with Crippen molar-refractivity contribution < 1.29 is 23.5 Å². The van der Waals surface area contributed by atoms with Gasteiger partial charge in [0.05, 0.1) is 11.4 Å². The number of imide groups is 1. The number of hydrogen-bond donors (Lipinski definition) is 2. The van der Waals surface area contributed by atoms with Crippen molar-refractivity contribution in [3.8, 4) is 5.69 Å². The summed E-state index contributed by atoms with van der Waals surface area (Å²) in [4.78, 5) is 35.1. The second-order valence-corrected chi connectivity index (χ2v) is 6.30. The van der Waals surface area contributed by atoms with Crippen LogP contribution in [0.4, 0.5) is 9.18 Å². The van der Waals surface area contributed by atoms with E-state index in [1.54, 1.807) is 13.8 Å². The van der Waals surface area contributed by atoms with E-state index in [1.807, 2.05) is 0 Å². The summed E-state index contributed by atoms with van der Waals surface area (Å²) in [5.41, 5.74) is 1.55. The predicted molar refractivity (Wildman–Crippen MR) is 105 cm³/mol. The summed E-state index contributed by atoms with van der Waals surface area (Å²) in [5.74, 6) is -1.94. The van der Waals surface area contributed by atoms with Gasteiger partial charge in [0.1, 0.15) is 11.0 Å². The first-order valence-electron chi connectivity index (χ1n) is 8.71. The number of amides is 3. The van der Waals surface area contributed by atoms with Crippen LogP contribution in [0.1, 0.15) is 25.1 Å². The smallest absolute Gasteiger partial charge is 0.331 e. The Hall–Kier alpha value is -3.20. The number of halogens is 2. The largest absolute Gasteiger partial charge is 0.449 e. The molecule has 29 heavy (non-hydrogen) atoms. The summed E-state index contributed by atoms with van der Waals surface area (Å²) in [6.07, 6.45) is 1.33. The molecule has 0 radical (unpaired) electrons.